The molecule has 1 aromatic carbocycles. The number of aromatic nitrogens is 1. The molecule has 0 radical (unpaired) electrons. The van der Waals surface area contributed by atoms with Crippen LogP contribution in [-0.4, -0.2) is 23.5 Å². The van der Waals surface area contributed by atoms with Gasteiger partial charge in [-0.15, -0.1) is 11.3 Å². The van der Waals surface area contributed by atoms with Crippen LogP contribution in [0.25, 0.3) is 21.5 Å². The number of amides is 1. The lowest BCUT2D eigenvalue weighted by Crippen LogP contribution is -2.37. The fourth-order valence-corrected chi connectivity index (χ4v) is 2.96. The molecule has 2 heterocycles. The summed E-state index contributed by atoms with van der Waals surface area (Å²) in [6, 6.07) is 13.5. The third-order valence-corrected chi connectivity index (χ3v) is 4.36. The lowest BCUT2D eigenvalue weighted by atomic mass is 10.1. The summed E-state index contributed by atoms with van der Waals surface area (Å²) in [7, 11) is 0. The van der Waals surface area contributed by atoms with Gasteiger partial charge in [0.25, 0.3) is 5.91 Å². The minimum absolute atomic E-state index is 0.0652. The number of benzene rings is 1. The van der Waals surface area contributed by atoms with E-state index in [0.29, 0.717) is 12.1 Å². The van der Waals surface area contributed by atoms with Gasteiger partial charge in [-0.3, -0.25) is 4.79 Å². The Bertz CT molecular complexity index is 799. The van der Waals surface area contributed by atoms with Crippen molar-refractivity contribution in [3.63, 3.8) is 0 Å². The molecule has 4 nitrogen and oxygen atoms in total. The van der Waals surface area contributed by atoms with E-state index < -0.39 is 0 Å². The van der Waals surface area contributed by atoms with Crippen molar-refractivity contribution in [2.45, 2.75) is 13.0 Å². The van der Waals surface area contributed by atoms with Crippen molar-refractivity contribution in [2.24, 2.45) is 5.73 Å². The molecule has 0 saturated carbocycles. The van der Waals surface area contributed by atoms with Crippen LogP contribution in [0.3, 0.4) is 0 Å². The molecule has 1 atom stereocenters. The molecule has 0 fully saturated rings. The van der Waals surface area contributed by atoms with E-state index in [1.54, 1.807) is 11.3 Å². The molecule has 22 heavy (non-hydrogen) atoms. The maximum absolute atomic E-state index is 12.6. The number of thiophene rings is 1. The van der Waals surface area contributed by atoms with Crippen LogP contribution in [0.5, 0.6) is 0 Å². The highest BCUT2D eigenvalue weighted by atomic mass is 32.1. The van der Waals surface area contributed by atoms with E-state index >= 15 is 0 Å². The first kappa shape index (κ1) is 14.7. The number of hydrogen-bond donors (Lipinski definition) is 2. The van der Waals surface area contributed by atoms with Gasteiger partial charge in [-0.05, 0) is 30.5 Å². The molecule has 5 heteroatoms. The quantitative estimate of drug-likeness (QED) is 0.778. The summed E-state index contributed by atoms with van der Waals surface area (Å²) in [5, 5.41) is 5.78. The highest BCUT2D eigenvalue weighted by Gasteiger charge is 2.15. The number of hydrogen-bond acceptors (Lipinski definition) is 4. The average molecular weight is 311 g/mol. The maximum Gasteiger partial charge on any atom is 0.252 e. The molecule has 0 aliphatic rings. The van der Waals surface area contributed by atoms with Gasteiger partial charge in [0, 0.05) is 18.0 Å². The molecule has 2 aromatic heterocycles. The molecule has 0 aliphatic carbocycles. The van der Waals surface area contributed by atoms with Gasteiger partial charge in [0.1, 0.15) is 0 Å². The Balaban J connectivity index is 2.12. The third-order valence-electron chi connectivity index (χ3n) is 3.47. The smallest absolute Gasteiger partial charge is 0.252 e. The molecule has 0 aliphatic heterocycles. The fraction of sp³-hybridized carbons (Fsp3) is 0.176. The number of carbonyl (C=O) groups excluding carboxylic acids is 1. The highest BCUT2D eigenvalue weighted by molar-refractivity contribution is 7.13. The standard InChI is InChI=1S/C17H17N3OS/c1-11(10-18)19-17(21)13-9-15(16-7-4-8-22-16)20-14-6-3-2-5-12(13)14/h2-9,11H,10,18H2,1H3,(H,19,21). The molecule has 112 valence electrons. The second kappa shape index (κ2) is 6.25. The van der Waals surface area contributed by atoms with Crippen LogP contribution in [0.15, 0.2) is 47.8 Å². The zero-order chi connectivity index (χ0) is 15.5. The molecule has 0 saturated heterocycles. The number of nitrogens with one attached hydrogen (secondary N) is 1. The lowest BCUT2D eigenvalue weighted by Gasteiger charge is -2.13. The number of rotatable bonds is 4. The molecule has 1 amide bonds. The van der Waals surface area contributed by atoms with Gasteiger partial charge in [-0.25, -0.2) is 4.98 Å². The average Bonchev–Trinajstić information content (AvgIpc) is 3.08. The fourth-order valence-electron chi connectivity index (χ4n) is 2.27. The van der Waals surface area contributed by atoms with Crippen LogP contribution in [0.2, 0.25) is 0 Å². The van der Waals surface area contributed by atoms with Crippen molar-refractivity contribution < 1.29 is 4.79 Å². The molecular weight excluding hydrogens is 294 g/mol. The zero-order valence-electron chi connectivity index (χ0n) is 12.2. The van der Waals surface area contributed by atoms with Crippen LogP contribution in [0.4, 0.5) is 0 Å². The Kier molecular flexibility index (Phi) is 4.18. The van der Waals surface area contributed by atoms with Crippen molar-refractivity contribution in [1.29, 1.82) is 0 Å². The van der Waals surface area contributed by atoms with Crippen molar-refractivity contribution in [3.05, 3.63) is 53.4 Å². The third kappa shape index (κ3) is 2.86. The van der Waals surface area contributed by atoms with E-state index in [9.17, 15) is 4.79 Å². The van der Waals surface area contributed by atoms with Gasteiger partial charge in [0.2, 0.25) is 0 Å². The zero-order valence-corrected chi connectivity index (χ0v) is 13.1. The number of nitrogens with zero attached hydrogens (tertiary/aromatic N) is 1. The Hall–Kier alpha value is -2.24. The van der Waals surface area contributed by atoms with Gasteiger partial charge < -0.3 is 11.1 Å². The Morgan fingerprint density at radius 3 is 2.86 bits per heavy atom. The number of pyridine rings is 1. The second-order valence-corrected chi connectivity index (χ2v) is 6.11. The van der Waals surface area contributed by atoms with E-state index in [2.05, 4.69) is 10.3 Å². The van der Waals surface area contributed by atoms with Gasteiger partial charge in [0.05, 0.1) is 21.7 Å². The van der Waals surface area contributed by atoms with Crippen LogP contribution in [-0.2, 0) is 0 Å². The largest absolute Gasteiger partial charge is 0.348 e. The first-order valence-electron chi connectivity index (χ1n) is 7.13. The molecule has 3 rings (SSSR count). The number of nitrogens with two attached hydrogens (primary N) is 1. The molecule has 1 unspecified atom stereocenters. The Labute approximate surface area is 133 Å². The van der Waals surface area contributed by atoms with Crippen LogP contribution >= 0.6 is 11.3 Å². The minimum atomic E-state index is -0.116. The molecule has 0 bridgehead atoms. The number of carbonyl (C=O) groups is 1. The molecule has 0 spiro atoms. The second-order valence-electron chi connectivity index (χ2n) is 5.16. The van der Waals surface area contributed by atoms with Crippen molar-refractivity contribution in [1.82, 2.24) is 10.3 Å². The van der Waals surface area contributed by atoms with Crippen molar-refractivity contribution in [2.75, 3.05) is 6.54 Å². The maximum atomic E-state index is 12.6. The van der Waals surface area contributed by atoms with Crippen LogP contribution < -0.4 is 11.1 Å². The SMILES string of the molecule is CC(CN)NC(=O)c1cc(-c2cccs2)nc2ccccc12. The Morgan fingerprint density at radius 1 is 1.32 bits per heavy atom. The molecule has 3 aromatic rings. The van der Waals surface area contributed by atoms with E-state index in [0.717, 1.165) is 21.5 Å². The summed E-state index contributed by atoms with van der Waals surface area (Å²) >= 11 is 1.61. The van der Waals surface area contributed by atoms with Gasteiger partial charge >= 0.3 is 0 Å². The van der Waals surface area contributed by atoms with E-state index in [1.807, 2.05) is 54.8 Å². The first-order valence-corrected chi connectivity index (χ1v) is 8.01. The topological polar surface area (TPSA) is 68.0 Å². The first-order chi connectivity index (χ1) is 10.7. The normalized spacial score (nSPS) is 12.3. The summed E-state index contributed by atoms with van der Waals surface area (Å²) in [4.78, 5) is 18.3. The predicted octanol–water partition coefficient (Wildman–Crippen LogP) is 3.04. The van der Waals surface area contributed by atoms with Crippen LogP contribution in [0, 0.1) is 0 Å². The molecular formula is C17H17N3OS. The summed E-state index contributed by atoms with van der Waals surface area (Å²) < 4.78 is 0. The number of fused-ring (bicyclic) bond motifs is 1. The van der Waals surface area contributed by atoms with Crippen molar-refractivity contribution in [3.8, 4) is 10.6 Å². The monoisotopic (exact) mass is 311 g/mol. The highest BCUT2D eigenvalue weighted by Crippen LogP contribution is 2.27. The minimum Gasteiger partial charge on any atom is -0.348 e. The summed E-state index contributed by atoms with van der Waals surface area (Å²) in [6.07, 6.45) is 0. The lowest BCUT2D eigenvalue weighted by molar-refractivity contribution is 0.0943. The van der Waals surface area contributed by atoms with E-state index in [4.69, 9.17) is 5.73 Å². The van der Waals surface area contributed by atoms with E-state index in [1.165, 1.54) is 0 Å². The molecule has 3 N–H and O–H groups in total. The van der Waals surface area contributed by atoms with Gasteiger partial charge in [-0.2, -0.15) is 0 Å². The van der Waals surface area contributed by atoms with Gasteiger partial charge in [0.15, 0.2) is 0 Å². The number of para-hydroxylation sites is 1. The van der Waals surface area contributed by atoms with E-state index in [-0.39, 0.29) is 11.9 Å². The van der Waals surface area contributed by atoms with Crippen LogP contribution in [0.1, 0.15) is 17.3 Å². The summed E-state index contributed by atoms with van der Waals surface area (Å²) in [5.41, 5.74) is 7.86. The Morgan fingerprint density at radius 2 is 2.14 bits per heavy atom. The van der Waals surface area contributed by atoms with Gasteiger partial charge in [-0.1, -0.05) is 24.3 Å². The summed E-state index contributed by atoms with van der Waals surface area (Å²) in [6.45, 7) is 2.30. The predicted molar refractivity (Wildman–Crippen MR) is 91.0 cm³/mol. The summed E-state index contributed by atoms with van der Waals surface area (Å²) in [5.74, 6) is -0.116. The van der Waals surface area contributed by atoms with Crippen molar-refractivity contribution >= 4 is 28.1 Å².